The Balaban J connectivity index is 1.06. The number of hydrogen-bond acceptors (Lipinski definition) is 0. The van der Waals surface area contributed by atoms with Crippen molar-refractivity contribution in [3.63, 3.8) is 0 Å². The quantitative estimate of drug-likeness (QED) is 0.166. The molecule has 0 spiro atoms. The van der Waals surface area contributed by atoms with Crippen molar-refractivity contribution in [2.75, 3.05) is 0 Å². The van der Waals surface area contributed by atoms with E-state index in [9.17, 15) is 0 Å². The zero-order valence-corrected chi connectivity index (χ0v) is 33.0. The van der Waals surface area contributed by atoms with Gasteiger partial charge in [-0.2, -0.15) is 0 Å². The number of benzene rings is 9. The van der Waals surface area contributed by atoms with Gasteiger partial charge in [0.05, 0.1) is 22.1 Å². The summed E-state index contributed by atoms with van der Waals surface area (Å²) in [5, 5.41) is 5.04. The topological polar surface area (TPSA) is 9.86 Å². The van der Waals surface area contributed by atoms with Gasteiger partial charge in [-0.3, -0.25) is 0 Å². The summed E-state index contributed by atoms with van der Waals surface area (Å²) in [5.41, 5.74) is 19.8. The Hall–Kier alpha value is -7.42. The minimum Gasteiger partial charge on any atom is -0.309 e. The molecule has 2 heteroatoms. The molecule has 0 amide bonds. The largest absolute Gasteiger partial charge is 0.309 e. The van der Waals surface area contributed by atoms with Gasteiger partial charge in [0, 0.05) is 38.3 Å². The van der Waals surface area contributed by atoms with E-state index in [0.717, 1.165) is 11.4 Å². The maximum absolute atomic E-state index is 2.49. The molecule has 0 bridgehead atoms. The lowest BCUT2D eigenvalue weighted by atomic mass is 9.82. The van der Waals surface area contributed by atoms with E-state index < -0.39 is 0 Å². The summed E-state index contributed by atoms with van der Waals surface area (Å²) in [7, 11) is 0. The van der Waals surface area contributed by atoms with Crippen LogP contribution in [0.1, 0.15) is 25.0 Å². The van der Waals surface area contributed by atoms with Crippen LogP contribution < -0.4 is 0 Å². The van der Waals surface area contributed by atoms with Crippen molar-refractivity contribution in [2.45, 2.75) is 19.3 Å². The second kappa shape index (κ2) is 12.8. The predicted molar refractivity (Wildman–Crippen MR) is 249 cm³/mol. The molecule has 0 atom stereocenters. The van der Waals surface area contributed by atoms with Crippen LogP contribution in [-0.4, -0.2) is 9.13 Å². The van der Waals surface area contributed by atoms with Crippen LogP contribution in [0.3, 0.4) is 0 Å². The molecule has 2 heterocycles. The molecule has 11 aromatic rings. The van der Waals surface area contributed by atoms with Crippen molar-refractivity contribution in [1.82, 2.24) is 9.13 Å². The highest BCUT2D eigenvalue weighted by Gasteiger charge is 2.36. The van der Waals surface area contributed by atoms with Crippen molar-refractivity contribution in [1.29, 1.82) is 0 Å². The summed E-state index contributed by atoms with van der Waals surface area (Å²) in [4.78, 5) is 0. The van der Waals surface area contributed by atoms with Crippen LogP contribution >= 0.6 is 0 Å². The van der Waals surface area contributed by atoms with Gasteiger partial charge < -0.3 is 9.13 Å². The molecule has 59 heavy (non-hydrogen) atoms. The molecule has 1 aliphatic carbocycles. The molecule has 1 aliphatic rings. The van der Waals surface area contributed by atoms with Gasteiger partial charge in [-0.25, -0.2) is 0 Å². The van der Waals surface area contributed by atoms with Gasteiger partial charge in [-0.05, 0) is 122 Å². The van der Waals surface area contributed by atoms with Crippen molar-refractivity contribution in [3.8, 4) is 55.9 Å². The number of hydrogen-bond donors (Lipinski definition) is 0. The second-order valence-electron chi connectivity index (χ2n) is 16.6. The standard InChI is InChI=1S/C57H40N2/c1-57(2)51-25-11-9-23-45(51)47-36-56-50(35-52(47)57)49-34-42(28-30-55(49)59(56)44-22-14-20-40(32-44)38-17-7-4-8-18-38)41-27-29-54-48(33-41)46-24-10-12-26-53(46)58(54)43-21-13-19-39(31-43)37-15-5-3-6-16-37/h3-36H,1-2H3. The highest BCUT2D eigenvalue weighted by Crippen LogP contribution is 2.51. The summed E-state index contributed by atoms with van der Waals surface area (Å²) < 4.78 is 4.90. The molecule has 2 aromatic heterocycles. The molecule has 0 unspecified atom stereocenters. The molecule has 0 saturated carbocycles. The fourth-order valence-electron chi connectivity index (χ4n) is 10.0. The Morgan fingerprint density at radius 1 is 0.288 bits per heavy atom. The molecule has 0 N–H and O–H groups in total. The number of rotatable bonds is 5. The smallest absolute Gasteiger partial charge is 0.0547 e. The molecule has 9 aromatic carbocycles. The third kappa shape index (κ3) is 5.13. The highest BCUT2D eigenvalue weighted by molar-refractivity contribution is 6.14. The first-order valence-corrected chi connectivity index (χ1v) is 20.6. The summed E-state index contributed by atoms with van der Waals surface area (Å²) in [6.07, 6.45) is 0. The Bertz CT molecular complexity index is 3450. The molecule has 0 fully saturated rings. The maximum Gasteiger partial charge on any atom is 0.0547 e. The van der Waals surface area contributed by atoms with Crippen LogP contribution in [0.4, 0.5) is 0 Å². The van der Waals surface area contributed by atoms with Crippen molar-refractivity contribution in [3.05, 3.63) is 217 Å². The summed E-state index contributed by atoms with van der Waals surface area (Å²) in [6.45, 7) is 4.75. The lowest BCUT2D eigenvalue weighted by Gasteiger charge is -2.21. The molecule has 0 aliphatic heterocycles. The first-order chi connectivity index (χ1) is 29.0. The maximum atomic E-state index is 2.49. The fraction of sp³-hybridized carbons (Fsp3) is 0.0526. The molecule has 278 valence electrons. The van der Waals surface area contributed by atoms with E-state index in [-0.39, 0.29) is 5.41 Å². The number of fused-ring (bicyclic) bond motifs is 9. The summed E-state index contributed by atoms with van der Waals surface area (Å²) in [5.74, 6) is 0. The first kappa shape index (κ1) is 33.7. The normalized spacial score (nSPS) is 13.1. The van der Waals surface area contributed by atoms with E-state index in [4.69, 9.17) is 0 Å². The molecular formula is C57H40N2. The fourth-order valence-corrected chi connectivity index (χ4v) is 10.0. The SMILES string of the molecule is CC1(C)c2ccccc2-c2cc3c(cc21)c1cc(-c2ccc4c(c2)c2ccccc2n4-c2cccc(-c4ccccc4)c2)ccc1n3-c1cccc(-c2ccccc2)c1. The van der Waals surface area contributed by atoms with E-state index in [0.29, 0.717) is 0 Å². The Labute approximate surface area is 343 Å². The van der Waals surface area contributed by atoms with E-state index in [1.54, 1.807) is 0 Å². The Kier molecular flexibility index (Phi) is 7.31. The third-order valence-electron chi connectivity index (χ3n) is 12.9. The van der Waals surface area contributed by atoms with E-state index >= 15 is 0 Å². The highest BCUT2D eigenvalue weighted by atomic mass is 15.0. The second-order valence-corrected chi connectivity index (χ2v) is 16.6. The number of nitrogens with zero attached hydrogens (tertiary/aromatic N) is 2. The number of aromatic nitrogens is 2. The van der Waals surface area contributed by atoms with Crippen molar-refractivity contribution < 1.29 is 0 Å². The number of para-hydroxylation sites is 1. The van der Waals surface area contributed by atoms with E-state index in [1.165, 1.54) is 99.2 Å². The van der Waals surface area contributed by atoms with Gasteiger partial charge in [0.25, 0.3) is 0 Å². The Morgan fingerprint density at radius 3 is 1.41 bits per heavy atom. The van der Waals surface area contributed by atoms with Gasteiger partial charge >= 0.3 is 0 Å². The molecular weight excluding hydrogens is 713 g/mol. The average molecular weight is 753 g/mol. The Morgan fingerprint density at radius 2 is 0.763 bits per heavy atom. The molecule has 2 nitrogen and oxygen atoms in total. The van der Waals surface area contributed by atoms with Gasteiger partial charge in [0.2, 0.25) is 0 Å². The van der Waals surface area contributed by atoms with Crippen LogP contribution in [0.15, 0.2) is 206 Å². The van der Waals surface area contributed by atoms with Gasteiger partial charge in [0.15, 0.2) is 0 Å². The van der Waals surface area contributed by atoms with Crippen LogP contribution in [0.25, 0.3) is 99.5 Å². The lowest BCUT2D eigenvalue weighted by Crippen LogP contribution is -2.14. The van der Waals surface area contributed by atoms with Crippen molar-refractivity contribution >= 4 is 43.6 Å². The minimum absolute atomic E-state index is 0.0980. The van der Waals surface area contributed by atoms with Crippen LogP contribution in [0.2, 0.25) is 0 Å². The molecule has 0 radical (unpaired) electrons. The lowest BCUT2D eigenvalue weighted by molar-refractivity contribution is 0.661. The predicted octanol–water partition coefficient (Wildman–Crippen LogP) is 15.2. The van der Waals surface area contributed by atoms with Crippen molar-refractivity contribution in [2.24, 2.45) is 0 Å². The summed E-state index contributed by atoms with van der Waals surface area (Å²) in [6, 6.07) is 76.1. The minimum atomic E-state index is -0.0980. The van der Waals surface area contributed by atoms with E-state index in [1.807, 2.05) is 0 Å². The zero-order chi connectivity index (χ0) is 39.2. The van der Waals surface area contributed by atoms with Crippen LogP contribution in [-0.2, 0) is 5.41 Å². The monoisotopic (exact) mass is 752 g/mol. The molecule has 12 rings (SSSR count). The van der Waals surface area contributed by atoms with E-state index in [2.05, 4.69) is 229 Å². The van der Waals surface area contributed by atoms with Gasteiger partial charge in [-0.1, -0.05) is 153 Å². The van der Waals surface area contributed by atoms with Crippen LogP contribution in [0.5, 0.6) is 0 Å². The zero-order valence-electron chi connectivity index (χ0n) is 33.0. The molecule has 0 saturated heterocycles. The van der Waals surface area contributed by atoms with Gasteiger partial charge in [-0.15, -0.1) is 0 Å². The average Bonchev–Trinajstić information content (AvgIpc) is 3.88. The summed E-state index contributed by atoms with van der Waals surface area (Å²) >= 11 is 0. The third-order valence-corrected chi connectivity index (χ3v) is 12.9. The first-order valence-electron chi connectivity index (χ1n) is 20.6. The van der Waals surface area contributed by atoms with Crippen LogP contribution in [0, 0.1) is 0 Å². The van der Waals surface area contributed by atoms with Gasteiger partial charge in [0.1, 0.15) is 0 Å².